The highest BCUT2D eigenvalue weighted by Gasteiger charge is 2.12. The standard InChI is InChI=1S/C15H10Cl3N3O2/c16-10-3-5-12(6-4-10)20-14(22)15(23)21-19-8-9-1-2-11(17)7-13(9)18/h1-8H,(H,20,22)(H,21,23)/b19-8-. The maximum atomic E-state index is 11.7. The van der Waals surface area contributed by atoms with E-state index >= 15 is 0 Å². The molecule has 0 radical (unpaired) electrons. The van der Waals surface area contributed by atoms with E-state index in [9.17, 15) is 9.59 Å². The second-order valence-corrected chi connectivity index (χ2v) is 5.61. The van der Waals surface area contributed by atoms with Gasteiger partial charge in [-0.3, -0.25) is 9.59 Å². The molecule has 5 nitrogen and oxygen atoms in total. The number of rotatable bonds is 3. The van der Waals surface area contributed by atoms with E-state index in [1.807, 2.05) is 0 Å². The third-order valence-electron chi connectivity index (χ3n) is 2.64. The van der Waals surface area contributed by atoms with Crippen molar-refractivity contribution in [3.05, 3.63) is 63.1 Å². The number of benzene rings is 2. The van der Waals surface area contributed by atoms with E-state index in [0.29, 0.717) is 26.3 Å². The fourth-order valence-corrected chi connectivity index (χ4v) is 2.12. The van der Waals surface area contributed by atoms with Crippen LogP contribution in [0.5, 0.6) is 0 Å². The molecule has 0 aliphatic rings. The highest BCUT2D eigenvalue weighted by atomic mass is 35.5. The Morgan fingerprint density at radius 1 is 0.913 bits per heavy atom. The summed E-state index contributed by atoms with van der Waals surface area (Å²) in [4.78, 5) is 23.3. The monoisotopic (exact) mass is 369 g/mol. The second-order valence-electron chi connectivity index (χ2n) is 4.33. The van der Waals surface area contributed by atoms with Crippen molar-refractivity contribution in [2.45, 2.75) is 0 Å². The van der Waals surface area contributed by atoms with Crippen molar-refractivity contribution in [1.82, 2.24) is 5.43 Å². The molecule has 0 aromatic heterocycles. The molecule has 2 N–H and O–H groups in total. The smallest absolute Gasteiger partial charge is 0.318 e. The zero-order valence-corrected chi connectivity index (χ0v) is 13.8. The van der Waals surface area contributed by atoms with Gasteiger partial charge in [0.2, 0.25) is 0 Å². The predicted molar refractivity (Wildman–Crippen MR) is 92.3 cm³/mol. The van der Waals surface area contributed by atoms with Crippen LogP contribution in [0.4, 0.5) is 5.69 Å². The summed E-state index contributed by atoms with van der Waals surface area (Å²) in [6.07, 6.45) is 1.31. The van der Waals surface area contributed by atoms with Gasteiger partial charge in [-0.15, -0.1) is 0 Å². The molecule has 0 spiro atoms. The van der Waals surface area contributed by atoms with Crippen LogP contribution < -0.4 is 10.7 Å². The first kappa shape index (κ1) is 17.3. The third-order valence-corrected chi connectivity index (χ3v) is 3.45. The number of anilines is 1. The number of hydrazone groups is 1. The fourth-order valence-electron chi connectivity index (χ4n) is 1.54. The molecule has 8 heteroatoms. The van der Waals surface area contributed by atoms with E-state index in [-0.39, 0.29) is 0 Å². The summed E-state index contributed by atoms with van der Waals surface area (Å²) in [5.41, 5.74) is 3.10. The summed E-state index contributed by atoms with van der Waals surface area (Å²) >= 11 is 17.4. The number of carbonyl (C=O) groups excluding carboxylic acids is 2. The van der Waals surface area contributed by atoms with Crippen molar-refractivity contribution in [3.8, 4) is 0 Å². The largest absolute Gasteiger partial charge is 0.329 e. The number of hydrogen-bond donors (Lipinski definition) is 2. The zero-order valence-electron chi connectivity index (χ0n) is 11.5. The number of halogens is 3. The van der Waals surface area contributed by atoms with E-state index in [1.165, 1.54) is 6.21 Å². The SMILES string of the molecule is O=C(N/N=C\c1ccc(Cl)cc1Cl)C(=O)Nc1ccc(Cl)cc1. The van der Waals surface area contributed by atoms with Gasteiger partial charge < -0.3 is 5.32 Å². The van der Waals surface area contributed by atoms with Crippen LogP contribution >= 0.6 is 34.8 Å². The van der Waals surface area contributed by atoms with Crippen LogP contribution in [0.25, 0.3) is 0 Å². The first-order valence-corrected chi connectivity index (χ1v) is 7.44. The summed E-state index contributed by atoms with van der Waals surface area (Å²) < 4.78 is 0. The summed E-state index contributed by atoms with van der Waals surface area (Å²) in [6, 6.07) is 11.1. The Labute approximate surface area is 147 Å². The van der Waals surface area contributed by atoms with Crippen LogP contribution in [0, 0.1) is 0 Å². The lowest BCUT2D eigenvalue weighted by molar-refractivity contribution is -0.136. The van der Waals surface area contributed by atoms with Crippen LogP contribution in [0.2, 0.25) is 15.1 Å². The first-order valence-electron chi connectivity index (χ1n) is 6.31. The number of hydrogen-bond acceptors (Lipinski definition) is 3. The zero-order chi connectivity index (χ0) is 16.8. The molecule has 2 amide bonds. The fraction of sp³-hybridized carbons (Fsp3) is 0. The third kappa shape index (κ3) is 5.25. The van der Waals surface area contributed by atoms with Crippen LogP contribution in [0.1, 0.15) is 5.56 Å². The van der Waals surface area contributed by atoms with Crippen molar-refractivity contribution < 1.29 is 9.59 Å². The molecular formula is C15H10Cl3N3O2. The predicted octanol–water partition coefficient (Wildman–Crippen LogP) is 3.74. The molecule has 0 unspecified atom stereocenters. The topological polar surface area (TPSA) is 70.6 Å². The molecular weight excluding hydrogens is 361 g/mol. The molecule has 2 aromatic carbocycles. The lowest BCUT2D eigenvalue weighted by Crippen LogP contribution is -2.32. The van der Waals surface area contributed by atoms with Crippen molar-refractivity contribution in [3.63, 3.8) is 0 Å². The Bertz CT molecular complexity index is 761. The summed E-state index contributed by atoms with van der Waals surface area (Å²) in [6.45, 7) is 0. The Kier molecular flexibility index (Phi) is 5.98. The van der Waals surface area contributed by atoms with Gasteiger partial charge in [0.25, 0.3) is 0 Å². The van der Waals surface area contributed by atoms with Gasteiger partial charge in [0, 0.05) is 21.3 Å². The molecule has 2 rings (SSSR count). The summed E-state index contributed by atoms with van der Waals surface area (Å²) in [7, 11) is 0. The Balaban J connectivity index is 1.92. The molecule has 0 bridgehead atoms. The molecule has 118 valence electrons. The Hall–Kier alpha value is -2.08. The summed E-state index contributed by atoms with van der Waals surface area (Å²) in [5.74, 6) is -1.77. The van der Waals surface area contributed by atoms with E-state index in [4.69, 9.17) is 34.8 Å². The Morgan fingerprint density at radius 3 is 2.22 bits per heavy atom. The van der Waals surface area contributed by atoms with Crippen LogP contribution in [-0.2, 0) is 9.59 Å². The Morgan fingerprint density at radius 2 is 1.57 bits per heavy atom. The lowest BCUT2D eigenvalue weighted by atomic mass is 10.2. The van der Waals surface area contributed by atoms with Crippen LogP contribution in [-0.4, -0.2) is 18.0 Å². The molecule has 0 fully saturated rings. The van der Waals surface area contributed by atoms with Crippen molar-refractivity contribution in [2.24, 2.45) is 5.10 Å². The van der Waals surface area contributed by atoms with Crippen molar-refractivity contribution >= 4 is 58.5 Å². The molecule has 2 aromatic rings. The van der Waals surface area contributed by atoms with Gasteiger partial charge in [-0.25, -0.2) is 5.43 Å². The number of nitrogens with zero attached hydrogens (tertiary/aromatic N) is 1. The molecule has 23 heavy (non-hydrogen) atoms. The maximum Gasteiger partial charge on any atom is 0.329 e. The molecule has 0 aliphatic carbocycles. The molecule has 0 aliphatic heterocycles. The summed E-state index contributed by atoms with van der Waals surface area (Å²) in [5, 5.41) is 7.47. The molecule has 0 saturated carbocycles. The van der Waals surface area contributed by atoms with Gasteiger partial charge >= 0.3 is 11.8 Å². The number of amides is 2. The minimum Gasteiger partial charge on any atom is -0.318 e. The minimum absolute atomic E-state index is 0.376. The minimum atomic E-state index is -0.915. The van der Waals surface area contributed by atoms with E-state index in [1.54, 1.807) is 42.5 Å². The lowest BCUT2D eigenvalue weighted by Gasteiger charge is -2.04. The van der Waals surface area contributed by atoms with E-state index in [0.717, 1.165) is 0 Å². The average Bonchev–Trinajstić information content (AvgIpc) is 2.51. The average molecular weight is 371 g/mol. The highest BCUT2D eigenvalue weighted by Crippen LogP contribution is 2.19. The molecule has 0 heterocycles. The van der Waals surface area contributed by atoms with Gasteiger partial charge in [0.1, 0.15) is 0 Å². The quantitative estimate of drug-likeness (QED) is 0.491. The normalized spacial score (nSPS) is 10.6. The van der Waals surface area contributed by atoms with Crippen LogP contribution in [0.3, 0.4) is 0 Å². The van der Waals surface area contributed by atoms with Gasteiger partial charge in [-0.2, -0.15) is 5.10 Å². The molecule has 0 saturated heterocycles. The van der Waals surface area contributed by atoms with E-state index < -0.39 is 11.8 Å². The first-order chi connectivity index (χ1) is 11.0. The van der Waals surface area contributed by atoms with E-state index in [2.05, 4.69) is 15.8 Å². The number of nitrogens with one attached hydrogen (secondary N) is 2. The van der Waals surface area contributed by atoms with Crippen molar-refractivity contribution in [2.75, 3.05) is 5.32 Å². The maximum absolute atomic E-state index is 11.7. The highest BCUT2D eigenvalue weighted by molar-refractivity contribution is 6.40. The van der Waals surface area contributed by atoms with Gasteiger partial charge in [-0.05, 0) is 36.4 Å². The molecule has 0 atom stereocenters. The number of carbonyl (C=O) groups is 2. The van der Waals surface area contributed by atoms with Gasteiger partial charge in [0.05, 0.1) is 11.2 Å². The second kappa shape index (κ2) is 7.97. The van der Waals surface area contributed by atoms with Crippen LogP contribution in [0.15, 0.2) is 47.6 Å². The van der Waals surface area contributed by atoms with Crippen molar-refractivity contribution in [1.29, 1.82) is 0 Å². The van der Waals surface area contributed by atoms with Gasteiger partial charge in [-0.1, -0.05) is 40.9 Å². The van der Waals surface area contributed by atoms with Gasteiger partial charge in [0.15, 0.2) is 0 Å².